The molecule has 0 spiro atoms. The summed E-state index contributed by atoms with van der Waals surface area (Å²) in [6, 6.07) is 8.87. The van der Waals surface area contributed by atoms with Gasteiger partial charge in [-0.05, 0) is 50.0 Å². The second kappa shape index (κ2) is 12.3. The molecule has 1 saturated heterocycles. The first-order valence-corrected chi connectivity index (χ1v) is 8.97. The van der Waals surface area contributed by atoms with Crippen molar-refractivity contribution in [2.45, 2.75) is 18.9 Å². The molecular formula is C19H33IN4O2. The Hall–Kier alpha value is -1.06. The number of benzene rings is 1. The van der Waals surface area contributed by atoms with Gasteiger partial charge in [0.25, 0.3) is 0 Å². The molecule has 0 bridgehead atoms. The lowest BCUT2D eigenvalue weighted by molar-refractivity contribution is 0.122. The summed E-state index contributed by atoms with van der Waals surface area (Å²) in [4.78, 5) is 6.75. The van der Waals surface area contributed by atoms with Gasteiger partial charge in [-0.2, -0.15) is 0 Å². The molecule has 0 radical (unpaired) electrons. The monoisotopic (exact) mass is 476 g/mol. The lowest BCUT2D eigenvalue weighted by atomic mass is 9.85. The van der Waals surface area contributed by atoms with Gasteiger partial charge in [0, 0.05) is 33.3 Å². The molecule has 0 aromatic heterocycles. The zero-order valence-electron chi connectivity index (χ0n) is 16.3. The van der Waals surface area contributed by atoms with E-state index in [1.165, 1.54) is 18.4 Å². The molecular weight excluding hydrogens is 443 g/mol. The Morgan fingerprint density at radius 3 is 2.58 bits per heavy atom. The van der Waals surface area contributed by atoms with E-state index in [-0.39, 0.29) is 24.0 Å². The van der Waals surface area contributed by atoms with Gasteiger partial charge in [0.2, 0.25) is 0 Å². The Balaban J connectivity index is 0.00000338. The number of likely N-dealkylation sites (tertiary alicyclic amines) is 1. The molecule has 1 fully saturated rings. The predicted molar refractivity (Wildman–Crippen MR) is 118 cm³/mol. The number of rotatable bonds is 7. The maximum Gasteiger partial charge on any atom is 0.191 e. The molecule has 7 heteroatoms. The third-order valence-electron chi connectivity index (χ3n) is 4.82. The molecule has 26 heavy (non-hydrogen) atoms. The summed E-state index contributed by atoms with van der Waals surface area (Å²) in [5.74, 6) is 2.27. The molecule has 2 N–H and O–H groups in total. The number of hydrogen-bond acceptors (Lipinski definition) is 4. The minimum atomic E-state index is 0. The lowest BCUT2D eigenvalue weighted by Crippen LogP contribution is -2.45. The van der Waals surface area contributed by atoms with E-state index < -0.39 is 0 Å². The number of guanidine groups is 1. The highest BCUT2D eigenvalue weighted by atomic mass is 127. The minimum Gasteiger partial charge on any atom is -0.497 e. The van der Waals surface area contributed by atoms with Crippen LogP contribution >= 0.6 is 24.0 Å². The van der Waals surface area contributed by atoms with Crippen LogP contribution in [0.3, 0.4) is 0 Å². The molecule has 148 valence electrons. The minimum absolute atomic E-state index is 0. The first kappa shape index (κ1) is 23.0. The third kappa shape index (κ3) is 6.59. The molecule has 1 aliphatic rings. The van der Waals surface area contributed by atoms with Crippen molar-refractivity contribution in [2.24, 2.45) is 10.9 Å². The molecule has 1 heterocycles. The Morgan fingerprint density at radius 1 is 1.23 bits per heavy atom. The third-order valence-corrected chi connectivity index (χ3v) is 4.82. The summed E-state index contributed by atoms with van der Waals surface area (Å²) in [5.41, 5.74) is 1.34. The normalized spacial score (nSPS) is 21.0. The van der Waals surface area contributed by atoms with E-state index in [2.05, 4.69) is 39.7 Å². The quantitative estimate of drug-likeness (QED) is 0.274. The van der Waals surface area contributed by atoms with Crippen molar-refractivity contribution in [1.29, 1.82) is 0 Å². The highest BCUT2D eigenvalue weighted by Gasteiger charge is 2.30. The number of halogens is 1. The van der Waals surface area contributed by atoms with E-state index in [0.717, 1.165) is 31.3 Å². The highest BCUT2D eigenvalue weighted by molar-refractivity contribution is 14.0. The van der Waals surface area contributed by atoms with Crippen molar-refractivity contribution in [1.82, 2.24) is 15.5 Å². The average Bonchev–Trinajstić information content (AvgIpc) is 2.65. The summed E-state index contributed by atoms with van der Waals surface area (Å²) < 4.78 is 10.4. The van der Waals surface area contributed by atoms with Crippen molar-refractivity contribution >= 4 is 29.9 Å². The number of nitrogens with zero attached hydrogens (tertiary/aromatic N) is 2. The predicted octanol–water partition coefficient (Wildman–Crippen LogP) is 2.51. The van der Waals surface area contributed by atoms with E-state index in [1.54, 1.807) is 21.3 Å². The van der Waals surface area contributed by atoms with Crippen molar-refractivity contribution in [3.8, 4) is 5.75 Å². The van der Waals surface area contributed by atoms with Crippen molar-refractivity contribution < 1.29 is 9.47 Å². The van der Waals surface area contributed by atoms with Crippen LogP contribution < -0.4 is 15.4 Å². The fraction of sp³-hybridized carbons (Fsp3) is 0.632. The number of piperidine rings is 1. The van der Waals surface area contributed by atoms with E-state index in [0.29, 0.717) is 18.6 Å². The molecule has 0 saturated carbocycles. The highest BCUT2D eigenvalue weighted by Crippen LogP contribution is 2.35. The second-order valence-electron chi connectivity index (χ2n) is 6.47. The van der Waals surface area contributed by atoms with E-state index in [4.69, 9.17) is 9.47 Å². The number of aliphatic imine (C=N–C) groups is 1. The maximum absolute atomic E-state index is 5.29. The first-order chi connectivity index (χ1) is 12.2. The van der Waals surface area contributed by atoms with E-state index >= 15 is 0 Å². The zero-order valence-corrected chi connectivity index (χ0v) is 18.7. The molecule has 2 rings (SSSR count). The largest absolute Gasteiger partial charge is 0.497 e. The smallest absolute Gasteiger partial charge is 0.191 e. The maximum atomic E-state index is 5.29. The summed E-state index contributed by atoms with van der Waals surface area (Å²) in [6.45, 7) is 3.45. The van der Waals surface area contributed by atoms with Crippen LogP contribution in [0.15, 0.2) is 29.3 Å². The van der Waals surface area contributed by atoms with Gasteiger partial charge >= 0.3 is 0 Å². The Labute approximate surface area is 174 Å². The molecule has 1 aromatic rings. The number of ether oxygens (including phenoxy) is 2. The van der Waals surface area contributed by atoms with Crippen LogP contribution in [0.5, 0.6) is 5.75 Å². The van der Waals surface area contributed by atoms with Crippen LogP contribution in [-0.4, -0.2) is 65.4 Å². The molecule has 2 atom stereocenters. The Bertz CT molecular complexity index is 539. The summed E-state index contributed by atoms with van der Waals surface area (Å²) in [7, 11) is 7.43. The molecule has 1 aromatic carbocycles. The summed E-state index contributed by atoms with van der Waals surface area (Å²) >= 11 is 0. The number of nitrogens with one attached hydrogen (secondary N) is 2. The molecule has 0 amide bonds. The van der Waals surface area contributed by atoms with E-state index in [9.17, 15) is 0 Å². The van der Waals surface area contributed by atoms with Crippen molar-refractivity contribution in [3.05, 3.63) is 29.8 Å². The van der Waals surface area contributed by atoms with Gasteiger partial charge in [0.05, 0.1) is 13.7 Å². The van der Waals surface area contributed by atoms with Crippen LogP contribution in [0, 0.1) is 5.92 Å². The number of hydrogen-bond donors (Lipinski definition) is 2. The van der Waals surface area contributed by atoms with Crippen LogP contribution in [0.2, 0.25) is 0 Å². The summed E-state index contributed by atoms with van der Waals surface area (Å²) in [5, 5.41) is 6.75. The fourth-order valence-corrected chi connectivity index (χ4v) is 3.52. The molecule has 6 nitrogen and oxygen atoms in total. The van der Waals surface area contributed by atoms with Crippen LogP contribution in [0.1, 0.15) is 24.4 Å². The van der Waals surface area contributed by atoms with Gasteiger partial charge < -0.3 is 20.1 Å². The van der Waals surface area contributed by atoms with Gasteiger partial charge in [-0.3, -0.25) is 9.89 Å². The van der Waals surface area contributed by atoms with Gasteiger partial charge in [-0.25, -0.2) is 0 Å². The molecule has 2 unspecified atom stereocenters. The lowest BCUT2D eigenvalue weighted by Gasteiger charge is -2.40. The standard InChI is InChI=1S/C19H32N4O2.HI/c1-20-19(21-11-13-24-3)22-14-16-6-5-12-23(2)18(16)15-7-9-17(25-4)10-8-15;/h7-10,16,18H,5-6,11-14H2,1-4H3,(H2,20,21,22);1H. The van der Waals surface area contributed by atoms with Crippen LogP contribution in [0.4, 0.5) is 0 Å². The van der Waals surface area contributed by atoms with Gasteiger partial charge in [0.1, 0.15) is 5.75 Å². The molecule has 0 aliphatic carbocycles. The second-order valence-corrected chi connectivity index (χ2v) is 6.47. The average molecular weight is 476 g/mol. The Morgan fingerprint density at radius 2 is 1.96 bits per heavy atom. The SMILES string of the molecule is CN=C(NCCOC)NCC1CCCN(C)C1c1ccc(OC)cc1.I. The van der Waals surface area contributed by atoms with Crippen molar-refractivity contribution in [3.63, 3.8) is 0 Å². The molecule has 1 aliphatic heterocycles. The van der Waals surface area contributed by atoms with Gasteiger partial charge in [0.15, 0.2) is 5.96 Å². The summed E-state index contributed by atoms with van der Waals surface area (Å²) in [6.07, 6.45) is 2.44. The van der Waals surface area contributed by atoms with E-state index in [1.807, 2.05) is 12.1 Å². The van der Waals surface area contributed by atoms with Crippen molar-refractivity contribution in [2.75, 3.05) is 54.6 Å². The van der Waals surface area contributed by atoms with Crippen LogP contribution in [-0.2, 0) is 4.74 Å². The topological polar surface area (TPSA) is 58.1 Å². The fourth-order valence-electron chi connectivity index (χ4n) is 3.52. The zero-order chi connectivity index (χ0) is 18.1. The number of methoxy groups -OCH3 is 2. The van der Waals surface area contributed by atoms with Crippen LogP contribution in [0.25, 0.3) is 0 Å². The van der Waals surface area contributed by atoms with Gasteiger partial charge in [-0.15, -0.1) is 24.0 Å². The first-order valence-electron chi connectivity index (χ1n) is 8.97. The van der Waals surface area contributed by atoms with Gasteiger partial charge in [-0.1, -0.05) is 12.1 Å². The Kier molecular flexibility index (Phi) is 10.9.